The van der Waals surface area contributed by atoms with Crippen LogP contribution in [-0.2, 0) is 4.79 Å². The van der Waals surface area contributed by atoms with Crippen molar-refractivity contribution in [3.63, 3.8) is 0 Å². The summed E-state index contributed by atoms with van der Waals surface area (Å²) < 4.78 is 1.69. The molecule has 0 spiro atoms. The van der Waals surface area contributed by atoms with Crippen molar-refractivity contribution in [1.29, 1.82) is 0 Å². The first-order valence-electron chi connectivity index (χ1n) is 10.2. The van der Waals surface area contributed by atoms with Crippen molar-refractivity contribution in [2.75, 3.05) is 24.4 Å². The van der Waals surface area contributed by atoms with E-state index in [9.17, 15) is 9.59 Å². The number of aromatic nitrogens is 3. The molecule has 0 radical (unpaired) electrons. The summed E-state index contributed by atoms with van der Waals surface area (Å²) in [5.41, 5.74) is 4.00. The number of nitrogens with zero attached hydrogens (tertiary/aromatic N) is 4. The number of carbonyl (C=O) groups is 1. The van der Waals surface area contributed by atoms with Gasteiger partial charge in [0.05, 0.1) is 11.1 Å². The smallest absolute Gasteiger partial charge is 0.290 e. The predicted octanol–water partition coefficient (Wildman–Crippen LogP) is 3.75. The van der Waals surface area contributed by atoms with Crippen LogP contribution in [-0.4, -0.2) is 34.6 Å². The molecule has 2 saturated carbocycles. The number of amides is 1. The topological polar surface area (TPSA) is 80.1 Å². The summed E-state index contributed by atoms with van der Waals surface area (Å²) in [6, 6.07) is 1.90. The highest BCUT2D eigenvalue weighted by molar-refractivity contribution is 7.25. The lowest BCUT2D eigenvalue weighted by Crippen LogP contribution is -2.38. The molecule has 2 aliphatic rings. The summed E-state index contributed by atoms with van der Waals surface area (Å²) in [5, 5.41) is 0.872. The Balaban J connectivity index is 0.000000359. The molecule has 154 valence electrons. The standard InChI is InChI=1S/C16H17N5O2S.C5H10/c1-20(2)10-6-7-17-15-11(10)12-13(24-15)16(23)21(8-18-12)19-14(22)9-4-3-5-9;1-5-3-2-4-5/h6-9H,3-5H2,1-2H3,(H,19,22);5H,2-4H2,1H3. The van der Waals surface area contributed by atoms with E-state index in [1.54, 1.807) is 6.20 Å². The Hall–Kier alpha value is -2.48. The lowest BCUT2D eigenvalue weighted by molar-refractivity contribution is -0.123. The number of nitrogens with one attached hydrogen (secondary N) is 1. The summed E-state index contributed by atoms with van der Waals surface area (Å²) in [7, 11) is 3.89. The molecule has 5 rings (SSSR count). The van der Waals surface area contributed by atoms with Crippen molar-refractivity contribution in [1.82, 2.24) is 14.6 Å². The number of rotatable bonds is 3. The van der Waals surface area contributed by atoms with E-state index < -0.39 is 0 Å². The SMILES string of the molecule is CC1CCC1.CN(C)c1ccnc2sc3c(=O)n(NC(=O)C4CCC4)cnc3c12. The third-order valence-corrected chi connectivity index (χ3v) is 6.92. The quantitative estimate of drug-likeness (QED) is 0.707. The Kier molecular flexibility index (Phi) is 5.54. The second kappa shape index (κ2) is 8.10. The predicted molar refractivity (Wildman–Crippen MR) is 118 cm³/mol. The normalized spacial score (nSPS) is 16.7. The molecule has 7 nitrogen and oxygen atoms in total. The fourth-order valence-corrected chi connectivity index (χ4v) is 4.53. The van der Waals surface area contributed by atoms with E-state index in [4.69, 9.17) is 0 Å². The average Bonchev–Trinajstić information content (AvgIpc) is 3.01. The molecule has 0 bridgehead atoms. The van der Waals surface area contributed by atoms with Crippen LogP contribution in [0.25, 0.3) is 20.4 Å². The largest absolute Gasteiger partial charge is 0.377 e. The number of anilines is 1. The first kappa shape index (κ1) is 19.8. The van der Waals surface area contributed by atoms with Gasteiger partial charge in [0.15, 0.2) is 0 Å². The maximum atomic E-state index is 12.7. The van der Waals surface area contributed by atoms with Crippen LogP contribution in [0.2, 0.25) is 0 Å². The van der Waals surface area contributed by atoms with Gasteiger partial charge in [0.2, 0.25) is 5.91 Å². The van der Waals surface area contributed by atoms with E-state index in [1.807, 2.05) is 25.1 Å². The first-order chi connectivity index (χ1) is 14.0. The molecule has 0 atom stereocenters. The highest BCUT2D eigenvalue weighted by Gasteiger charge is 2.26. The Labute approximate surface area is 173 Å². The molecule has 2 fully saturated rings. The van der Waals surface area contributed by atoms with Crippen LogP contribution in [0.15, 0.2) is 23.4 Å². The van der Waals surface area contributed by atoms with Gasteiger partial charge >= 0.3 is 0 Å². The van der Waals surface area contributed by atoms with Crippen LogP contribution in [0.4, 0.5) is 5.69 Å². The molecular formula is C21H27N5O2S. The molecule has 0 saturated heterocycles. The number of carbonyl (C=O) groups excluding carboxylic acids is 1. The van der Waals surface area contributed by atoms with Gasteiger partial charge in [-0.05, 0) is 24.8 Å². The van der Waals surface area contributed by atoms with E-state index in [-0.39, 0.29) is 17.4 Å². The lowest BCUT2D eigenvalue weighted by Gasteiger charge is -2.24. The number of pyridine rings is 1. The maximum Gasteiger partial charge on any atom is 0.290 e. The van der Waals surface area contributed by atoms with E-state index in [0.29, 0.717) is 10.2 Å². The molecule has 0 aromatic carbocycles. The Morgan fingerprint density at radius 2 is 1.90 bits per heavy atom. The summed E-state index contributed by atoms with van der Waals surface area (Å²) in [5.74, 6) is 0.963. The molecule has 3 aromatic heterocycles. The summed E-state index contributed by atoms with van der Waals surface area (Å²) in [6.45, 7) is 2.31. The minimum Gasteiger partial charge on any atom is -0.377 e. The summed E-state index contributed by atoms with van der Waals surface area (Å²) >= 11 is 1.30. The zero-order valence-electron chi connectivity index (χ0n) is 17.1. The van der Waals surface area contributed by atoms with Crippen LogP contribution in [0.3, 0.4) is 0 Å². The van der Waals surface area contributed by atoms with Crippen molar-refractivity contribution in [3.05, 3.63) is 28.9 Å². The minimum atomic E-state index is -0.264. The monoisotopic (exact) mass is 413 g/mol. The molecule has 29 heavy (non-hydrogen) atoms. The van der Waals surface area contributed by atoms with Gasteiger partial charge in [-0.15, -0.1) is 11.3 Å². The molecule has 8 heteroatoms. The van der Waals surface area contributed by atoms with Crippen molar-refractivity contribution in [3.8, 4) is 0 Å². The van der Waals surface area contributed by atoms with Gasteiger partial charge in [0.25, 0.3) is 5.56 Å². The van der Waals surface area contributed by atoms with Crippen molar-refractivity contribution in [2.45, 2.75) is 45.4 Å². The van der Waals surface area contributed by atoms with Gasteiger partial charge in [0, 0.05) is 26.2 Å². The third kappa shape index (κ3) is 3.85. The Bertz CT molecular complexity index is 1100. The third-order valence-electron chi connectivity index (χ3n) is 5.84. The Morgan fingerprint density at radius 1 is 1.21 bits per heavy atom. The van der Waals surface area contributed by atoms with Gasteiger partial charge in [-0.25, -0.2) is 14.6 Å². The zero-order chi connectivity index (χ0) is 20.5. The van der Waals surface area contributed by atoms with E-state index in [2.05, 4.69) is 22.3 Å². The number of hydrogen-bond donors (Lipinski definition) is 1. The van der Waals surface area contributed by atoms with Gasteiger partial charge in [-0.2, -0.15) is 0 Å². The fourth-order valence-electron chi connectivity index (χ4n) is 3.48. The van der Waals surface area contributed by atoms with E-state index in [0.717, 1.165) is 41.1 Å². The van der Waals surface area contributed by atoms with Crippen LogP contribution >= 0.6 is 11.3 Å². The van der Waals surface area contributed by atoms with Gasteiger partial charge in [-0.3, -0.25) is 15.0 Å². The maximum absolute atomic E-state index is 12.7. The van der Waals surface area contributed by atoms with Crippen molar-refractivity contribution >= 4 is 43.4 Å². The summed E-state index contributed by atoms with van der Waals surface area (Å²) in [6.07, 6.45) is 10.4. The minimum absolute atomic E-state index is 0.0111. The Morgan fingerprint density at radius 3 is 2.45 bits per heavy atom. The molecule has 0 unspecified atom stereocenters. The molecular weight excluding hydrogens is 386 g/mol. The lowest BCUT2D eigenvalue weighted by atomic mass is 9.85. The summed E-state index contributed by atoms with van der Waals surface area (Å²) in [4.78, 5) is 36.3. The fraction of sp³-hybridized carbons (Fsp3) is 0.524. The van der Waals surface area contributed by atoms with Gasteiger partial charge < -0.3 is 4.90 Å². The number of fused-ring (bicyclic) bond motifs is 3. The van der Waals surface area contributed by atoms with Crippen LogP contribution in [0.5, 0.6) is 0 Å². The molecule has 2 aliphatic carbocycles. The van der Waals surface area contributed by atoms with Crippen LogP contribution < -0.4 is 15.9 Å². The number of thiophene rings is 1. The highest BCUT2D eigenvalue weighted by Crippen LogP contribution is 2.35. The zero-order valence-corrected chi connectivity index (χ0v) is 18.0. The van der Waals surface area contributed by atoms with Crippen molar-refractivity contribution in [2.24, 2.45) is 11.8 Å². The van der Waals surface area contributed by atoms with Crippen molar-refractivity contribution < 1.29 is 4.79 Å². The molecule has 1 amide bonds. The second-order valence-electron chi connectivity index (χ2n) is 8.24. The molecule has 0 aliphatic heterocycles. The molecule has 1 N–H and O–H groups in total. The molecule has 3 aromatic rings. The number of hydrogen-bond acceptors (Lipinski definition) is 6. The van der Waals surface area contributed by atoms with E-state index in [1.165, 1.54) is 41.6 Å². The highest BCUT2D eigenvalue weighted by atomic mass is 32.1. The average molecular weight is 414 g/mol. The van der Waals surface area contributed by atoms with Gasteiger partial charge in [0.1, 0.15) is 21.4 Å². The van der Waals surface area contributed by atoms with Gasteiger partial charge in [-0.1, -0.05) is 32.6 Å². The van der Waals surface area contributed by atoms with Crippen LogP contribution in [0.1, 0.15) is 45.4 Å². The van der Waals surface area contributed by atoms with Crippen LogP contribution in [0, 0.1) is 11.8 Å². The van der Waals surface area contributed by atoms with E-state index >= 15 is 0 Å². The second-order valence-corrected chi connectivity index (χ2v) is 9.24. The first-order valence-corrected chi connectivity index (χ1v) is 11.0. The molecule has 3 heterocycles.